The van der Waals surface area contributed by atoms with Crippen molar-refractivity contribution in [2.75, 3.05) is 9.80 Å². The van der Waals surface area contributed by atoms with Gasteiger partial charge in [0.15, 0.2) is 17.5 Å². The predicted octanol–water partition coefficient (Wildman–Crippen LogP) is 20.9. The Kier molecular flexibility index (Phi) is 13.6. The molecule has 0 radical (unpaired) electrons. The number of fused-ring (bicyclic) bond motifs is 7. The van der Waals surface area contributed by atoms with Crippen LogP contribution in [0, 0.1) is 6.57 Å². The lowest BCUT2D eigenvalue weighted by atomic mass is 9.33. The van der Waals surface area contributed by atoms with E-state index < -0.39 is 0 Å². The predicted molar refractivity (Wildman–Crippen MR) is 398 cm³/mol. The first-order valence-electron chi connectivity index (χ1n) is 32.5. The van der Waals surface area contributed by atoms with E-state index >= 15 is 0 Å². The second-order valence-corrected chi connectivity index (χ2v) is 24.6. The van der Waals surface area contributed by atoms with Crippen LogP contribution in [0.15, 0.2) is 340 Å². The van der Waals surface area contributed by atoms with Gasteiger partial charge < -0.3 is 14.4 Å². The fourth-order valence-corrected chi connectivity index (χ4v) is 14.5. The quantitative estimate of drug-likeness (QED) is 0.0954. The molecule has 0 saturated carbocycles. The number of rotatable bonds is 11. The third-order valence-corrected chi connectivity index (χ3v) is 19.0. The Labute approximate surface area is 557 Å². The van der Waals surface area contributed by atoms with Crippen molar-refractivity contribution in [2.45, 2.75) is 0 Å². The summed E-state index contributed by atoms with van der Waals surface area (Å²) >= 11 is 0. The zero-order valence-electron chi connectivity index (χ0n) is 52.0. The van der Waals surface area contributed by atoms with E-state index in [1.807, 2.05) is 72.8 Å². The van der Waals surface area contributed by atoms with Gasteiger partial charge in [-0.25, -0.2) is 19.8 Å². The molecule has 0 fully saturated rings. The van der Waals surface area contributed by atoms with Crippen molar-refractivity contribution in [3.63, 3.8) is 0 Å². The molecule has 4 heterocycles. The van der Waals surface area contributed by atoms with Gasteiger partial charge in [-0.05, 0) is 145 Å². The van der Waals surface area contributed by atoms with Crippen LogP contribution in [-0.2, 0) is 0 Å². The third-order valence-electron chi connectivity index (χ3n) is 19.0. The molecule has 14 aromatic carbocycles. The Morgan fingerprint density at radius 2 is 0.615 bits per heavy atom. The van der Waals surface area contributed by atoms with Crippen molar-refractivity contribution in [1.29, 1.82) is 0 Å². The number of hydrogen-bond acceptors (Lipinski definition) is 5. The molecule has 7 nitrogen and oxygen atoms in total. The van der Waals surface area contributed by atoms with Crippen molar-refractivity contribution in [2.24, 2.45) is 0 Å². The summed E-state index contributed by atoms with van der Waals surface area (Å²) in [7, 11) is 0. The topological polar surface area (TPSA) is 54.4 Å². The molecule has 0 aliphatic carbocycles. The molecule has 0 spiro atoms. The zero-order chi connectivity index (χ0) is 63.6. The maximum Gasteiger partial charge on any atom is 0.252 e. The summed E-state index contributed by atoms with van der Waals surface area (Å²) in [5.74, 6) is 1.66. The average molecular weight is 1220 g/mol. The van der Waals surface area contributed by atoms with Crippen molar-refractivity contribution < 1.29 is 0 Å². The van der Waals surface area contributed by atoms with Crippen LogP contribution in [0.3, 0.4) is 0 Å². The SMILES string of the molecule is [C-]#[N+]c1ccc(-c2nc(-c3ccccc3)nc(-c3ccccc3)n2)cc1-n1c2ccccc2c2cc(-c3cc4c5c(c3)N(c3ccc(-c6ccccc6)cc3)c3ccc(-c6ccccc6)cc3B5c3cc(-c5ccccc5)ccc3N4c3ccc(-c4ccccc4)cc3)ccc21. The van der Waals surface area contributed by atoms with Crippen LogP contribution in [0.1, 0.15) is 0 Å². The molecular weight excluding hydrogens is 1170 g/mol. The first-order chi connectivity index (χ1) is 47.5. The number of anilines is 6. The van der Waals surface area contributed by atoms with Gasteiger partial charge in [0.05, 0.1) is 23.3 Å². The van der Waals surface area contributed by atoms with Crippen LogP contribution in [0.4, 0.5) is 39.8 Å². The van der Waals surface area contributed by atoms with Crippen molar-refractivity contribution in [1.82, 2.24) is 19.5 Å². The molecule has 2 aliphatic heterocycles. The molecule has 0 N–H and O–H groups in total. The van der Waals surface area contributed by atoms with Gasteiger partial charge in [0.25, 0.3) is 6.71 Å². The Hall–Kier alpha value is -13.0. The third kappa shape index (κ3) is 9.64. The Morgan fingerprint density at radius 3 is 1.08 bits per heavy atom. The van der Waals surface area contributed by atoms with Gasteiger partial charge in [0.2, 0.25) is 5.69 Å². The standard InChI is InChI=1S/C88H56BN7/c1-90-77-48-40-69(88-92-86(64-30-16-6-17-31-64)91-87(93-88)65-32-18-7-19-33-65)55-82(77)96-78-35-21-20-34-73(78)74-52-66(41-49-79(74)96)70-56-83-85-84(57-70)95(72-46-38-63(39-47-72)59-24-10-3-11-25-59)81-51-43-68(61-28-14-5-15-29-61)54-76(81)89(85)75-53-67(60-26-12-4-13-27-60)42-50-80(75)94(83)71-44-36-62(37-45-71)58-22-8-2-9-23-58/h2-57H. The minimum absolute atomic E-state index is 0.165. The van der Waals surface area contributed by atoms with Gasteiger partial charge in [0.1, 0.15) is 0 Å². The molecule has 0 amide bonds. The molecule has 0 atom stereocenters. The largest absolute Gasteiger partial charge is 0.319 e. The van der Waals surface area contributed by atoms with Crippen LogP contribution >= 0.6 is 0 Å². The summed E-state index contributed by atoms with van der Waals surface area (Å²) < 4.78 is 2.24. The van der Waals surface area contributed by atoms with Gasteiger partial charge in [0, 0.05) is 61.6 Å². The second kappa shape index (κ2) is 23.3. The van der Waals surface area contributed by atoms with Crippen molar-refractivity contribution >= 4 is 84.7 Å². The van der Waals surface area contributed by atoms with Gasteiger partial charge in [-0.1, -0.05) is 267 Å². The van der Waals surface area contributed by atoms with E-state index in [9.17, 15) is 0 Å². The summed E-state index contributed by atoms with van der Waals surface area (Å²) in [4.78, 5) is 24.5. The molecule has 18 rings (SSSR count). The average Bonchev–Trinajstić information content (AvgIpc) is 0.852. The minimum Gasteiger partial charge on any atom is -0.319 e. The van der Waals surface area contributed by atoms with E-state index in [4.69, 9.17) is 21.5 Å². The number of hydrogen-bond donors (Lipinski definition) is 0. The van der Waals surface area contributed by atoms with Gasteiger partial charge in [-0.2, -0.15) is 0 Å². The lowest BCUT2D eigenvalue weighted by Crippen LogP contribution is -2.61. The molecule has 446 valence electrons. The van der Waals surface area contributed by atoms with E-state index in [1.165, 1.54) is 38.6 Å². The summed E-state index contributed by atoms with van der Waals surface area (Å²) in [6.45, 7) is 8.50. The molecule has 2 aromatic heterocycles. The number of para-hydroxylation sites is 1. The number of benzene rings is 14. The molecule has 0 unspecified atom stereocenters. The fourth-order valence-electron chi connectivity index (χ4n) is 14.5. The smallest absolute Gasteiger partial charge is 0.252 e. The Balaban J connectivity index is 0.867. The van der Waals surface area contributed by atoms with Crippen LogP contribution in [0.5, 0.6) is 0 Å². The zero-order valence-corrected chi connectivity index (χ0v) is 52.0. The molecule has 2 aliphatic rings. The van der Waals surface area contributed by atoms with Crippen LogP contribution in [-0.4, -0.2) is 26.2 Å². The van der Waals surface area contributed by atoms with Gasteiger partial charge >= 0.3 is 0 Å². The fraction of sp³-hybridized carbons (Fsp3) is 0. The molecule has 0 saturated heterocycles. The Bertz CT molecular complexity index is 5440. The number of aromatic nitrogens is 4. The highest BCUT2D eigenvalue weighted by Gasteiger charge is 2.44. The van der Waals surface area contributed by atoms with Crippen LogP contribution < -0.4 is 26.2 Å². The second-order valence-electron chi connectivity index (χ2n) is 24.6. The normalized spacial score (nSPS) is 12.1. The maximum absolute atomic E-state index is 8.66. The van der Waals surface area contributed by atoms with E-state index in [2.05, 4.69) is 286 Å². The Morgan fingerprint density at radius 1 is 0.260 bits per heavy atom. The van der Waals surface area contributed by atoms with Crippen LogP contribution in [0.2, 0.25) is 0 Å². The lowest BCUT2D eigenvalue weighted by molar-refractivity contribution is 1.07. The highest BCUT2D eigenvalue weighted by Crippen LogP contribution is 2.49. The van der Waals surface area contributed by atoms with Gasteiger partial charge in [-0.3, -0.25) is 0 Å². The maximum atomic E-state index is 8.66. The van der Waals surface area contributed by atoms with E-state index in [0.29, 0.717) is 23.2 Å². The number of nitrogens with zero attached hydrogens (tertiary/aromatic N) is 7. The highest BCUT2D eigenvalue weighted by molar-refractivity contribution is 7.00. The summed E-state index contributed by atoms with van der Waals surface area (Å²) in [5.41, 5.74) is 27.4. The van der Waals surface area contributed by atoms with E-state index in [1.54, 1.807) is 0 Å². The molecule has 0 bridgehead atoms. The van der Waals surface area contributed by atoms with Gasteiger partial charge in [-0.15, -0.1) is 0 Å². The summed E-state index contributed by atoms with van der Waals surface area (Å²) in [5, 5.41) is 2.13. The monoisotopic (exact) mass is 1220 g/mol. The molecule has 16 aromatic rings. The van der Waals surface area contributed by atoms with Crippen molar-refractivity contribution in [3.05, 3.63) is 351 Å². The molecule has 96 heavy (non-hydrogen) atoms. The molecular formula is C88H56BN7. The van der Waals surface area contributed by atoms with Crippen LogP contribution in [0.25, 0.3) is 122 Å². The van der Waals surface area contributed by atoms with Crippen molar-refractivity contribution in [3.8, 4) is 95.5 Å². The van der Waals surface area contributed by atoms with E-state index in [0.717, 1.165) is 112 Å². The summed E-state index contributed by atoms with van der Waals surface area (Å²) in [6.07, 6.45) is 0. The first kappa shape index (κ1) is 55.9. The molecule has 8 heteroatoms. The van der Waals surface area contributed by atoms with E-state index in [-0.39, 0.29) is 6.71 Å². The summed E-state index contributed by atoms with van der Waals surface area (Å²) in [6, 6.07) is 122. The first-order valence-corrected chi connectivity index (χ1v) is 32.5. The highest BCUT2D eigenvalue weighted by atomic mass is 15.2. The minimum atomic E-state index is -0.165. The lowest BCUT2D eigenvalue weighted by Gasteiger charge is -2.44.